The Kier molecular flexibility index (Phi) is 6.67. The molecule has 0 aromatic heterocycles. The molecular formula is C13H16Cl2N2O2. The molecule has 0 saturated carbocycles. The normalized spacial score (nSPS) is 11.3. The average molecular weight is 303 g/mol. The van der Waals surface area contributed by atoms with Crippen LogP contribution in [0.3, 0.4) is 0 Å². The smallest absolute Gasteiger partial charge is 0.291 e. The largest absolute Gasteiger partial charge is 0.468 e. The van der Waals surface area contributed by atoms with Crippen LogP contribution >= 0.6 is 23.2 Å². The number of carbonyl (C=O) groups is 1. The highest BCUT2D eigenvalue weighted by molar-refractivity contribution is 6.42. The number of rotatable bonds is 4. The third-order valence-corrected chi connectivity index (χ3v) is 3.10. The summed E-state index contributed by atoms with van der Waals surface area (Å²) < 4.78 is 5.00. The van der Waals surface area contributed by atoms with Crippen molar-refractivity contribution in [3.05, 3.63) is 33.8 Å². The Morgan fingerprint density at radius 2 is 2.11 bits per heavy atom. The summed E-state index contributed by atoms with van der Waals surface area (Å²) in [6.45, 7) is 2.68. The number of methoxy groups -OCH3 is 1. The Labute approximate surface area is 122 Å². The summed E-state index contributed by atoms with van der Waals surface area (Å²) in [4.78, 5) is 16.1. The first-order valence-corrected chi connectivity index (χ1v) is 6.69. The number of carbonyl (C=O) groups excluding carboxylic acids is 1. The molecule has 0 spiro atoms. The first-order chi connectivity index (χ1) is 9.08. The molecule has 1 N–H and O–H groups in total. The Morgan fingerprint density at radius 3 is 2.68 bits per heavy atom. The lowest BCUT2D eigenvalue weighted by Crippen LogP contribution is -2.32. The Hall–Kier alpha value is -1.26. The van der Waals surface area contributed by atoms with Crippen molar-refractivity contribution in [3.8, 4) is 0 Å². The number of nitrogens with one attached hydrogen (secondary N) is 1. The van der Waals surface area contributed by atoms with Gasteiger partial charge in [-0.2, -0.15) is 0 Å². The molecule has 1 aromatic rings. The number of unbranched alkanes of at least 4 members (excludes halogenated alkanes) is 1. The molecule has 0 saturated heterocycles. The highest BCUT2D eigenvalue weighted by atomic mass is 35.5. The summed E-state index contributed by atoms with van der Waals surface area (Å²) in [5.74, 6) is -0.337. The van der Waals surface area contributed by atoms with Crippen molar-refractivity contribution in [1.29, 1.82) is 0 Å². The lowest BCUT2D eigenvalue weighted by Gasteiger charge is -2.07. The van der Waals surface area contributed by atoms with Gasteiger partial charge < -0.3 is 4.74 Å². The molecule has 0 aliphatic rings. The van der Waals surface area contributed by atoms with Gasteiger partial charge in [0.2, 0.25) is 0 Å². The number of amides is 1. The zero-order chi connectivity index (χ0) is 14.3. The SMILES string of the molecule is CCCCN=C(NC(=O)c1ccc(Cl)c(Cl)c1)OC. The van der Waals surface area contributed by atoms with Crippen LogP contribution < -0.4 is 5.32 Å². The van der Waals surface area contributed by atoms with Crippen molar-refractivity contribution in [1.82, 2.24) is 5.32 Å². The van der Waals surface area contributed by atoms with E-state index in [0.717, 1.165) is 12.8 Å². The van der Waals surface area contributed by atoms with E-state index in [1.807, 2.05) is 0 Å². The van der Waals surface area contributed by atoms with Crippen molar-refractivity contribution in [2.45, 2.75) is 19.8 Å². The summed E-state index contributed by atoms with van der Waals surface area (Å²) in [7, 11) is 1.46. The first-order valence-electron chi connectivity index (χ1n) is 5.93. The number of amidine groups is 1. The molecule has 4 nitrogen and oxygen atoms in total. The molecule has 0 aliphatic heterocycles. The molecule has 0 atom stereocenters. The molecule has 0 bridgehead atoms. The Balaban J connectivity index is 2.71. The predicted molar refractivity (Wildman–Crippen MR) is 78.1 cm³/mol. The van der Waals surface area contributed by atoms with Crippen LogP contribution in [0.4, 0.5) is 0 Å². The average Bonchev–Trinajstić information content (AvgIpc) is 2.40. The fraction of sp³-hybridized carbons (Fsp3) is 0.385. The molecule has 6 heteroatoms. The van der Waals surface area contributed by atoms with Crippen molar-refractivity contribution >= 4 is 35.1 Å². The monoisotopic (exact) mass is 302 g/mol. The van der Waals surface area contributed by atoms with Crippen LogP contribution in [0.2, 0.25) is 10.0 Å². The first kappa shape index (κ1) is 15.8. The third-order valence-electron chi connectivity index (χ3n) is 2.36. The second kappa shape index (κ2) is 8.02. The minimum absolute atomic E-state index is 0.199. The van der Waals surface area contributed by atoms with Crippen LogP contribution in [0.25, 0.3) is 0 Å². The quantitative estimate of drug-likeness (QED) is 0.525. The molecule has 1 rings (SSSR count). The number of hydrogen-bond donors (Lipinski definition) is 1. The zero-order valence-electron chi connectivity index (χ0n) is 10.9. The zero-order valence-corrected chi connectivity index (χ0v) is 12.4. The van der Waals surface area contributed by atoms with Gasteiger partial charge in [-0.15, -0.1) is 0 Å². The van der Waals surface area contributed by atoms with Gasteiger partial charge in [-0.25, -0.2) is 4.99 Å². The molecule has 0 aliphatic carbocycles. The van der Waals surface area contributed by atoms with Crippen LogP contribution in [0, 0.1) is 0 Å². The van der Waals surface area contributed by atoms with Crippen LogP contribution in [0.5, 0.6) is 0 Å². The molecular weight excluding hydrogens is 287 g/mol. The number of nitrogens with zero attached hydrogens (tertiary/aromatic N) is 1. The summed E-state index contributed by atoms with van der Waals surface area (Å²) in [6.07, 6.45) is 1.97. The maximum Gasteiger partial charge on any atom is 0.291 e. The minimum atomic E-state index is -0.337. The van der Waals surface area contributed by atoms with Gasteiger partial charge >= 0.3 is 0 Å². The lowest BCUT2D eigenvalue weighted by molar-refractivity contribution is 0.0968. The van der Waals surface area contributed by atoms with Crippen LogP contribution in [-0.4, -0.2) is 25.6 Å². The van der Waals surface area contributed by atoms with E-state index in [4.69, 9.17) is 27.9 Å². The number of halogens is 2. The molecule has 0 fully saturated rings. The van der Waals surface area contributed by atoms with Crippen LogP contribution in [0.15, 0.2) is 23.2 Å². The van der Waals surface area contributed by atoms with Gasteiger partial charge in [-0.1, -0.05) is 36.5 Å². The number of hydrogen-bond acceptors (Lipinski definition) is 3. The summed E-state index contributed by atoms with van der Waals surface area (Å²) in [6, 6.07) is 4.85. The molecule has 0 unspecified atom stereocenters. The minimum Gasteiger partial charge on any atom is -0.468 e. The van der Waals surface area contributed by atoms with Gasteiger partial charge in [-0.05, 0) is 24.6 Å². The van der Waals surface area contributed by atoms with E-state index >= 15 is 0 Å². The van der Waals surface area contributed by atoms with Crippen molar-refractivity contribution in [2.75, 3.05) is 13.7 Å². The number of benzene rings is 1. The van der Waals surface area contributed by atoms with Gasteiger partial charge in [0, 0.05) is 12.1 Å². The fourth-order valence-corrected chi connectivity index (χ4v) is 1.60. The van der Waals surface area contributed by atoms with Crippen molar-refractivity contribution in [2.24, 2.45) is 4.99 Å². The third kappa shape index (κ3) is 5.09. The van der Waals surface area contributed by atoms with Crippen molar-refractivity contribution in [3.63, 3.8) is 0 Å². The van der Waals surface area contributed by atoms with Crippen molar-refractivity contribution < 1.29 is 9.53 Å². The molecule has 19 heavy (non-hydrogen) atoms. The van der Waals surface area contributed by atoms with E-state index in [1.54, 1.807) is 12.1 Å². The number of ether oxygens (including phenoxy) is 1. The molecule has 0 radical (unpaired) electrons. The van der Waals surface area contributed by atoms with E-state index < -0.39 is 0 Å². The maximum absolute atomic E-state index is 11.9. The van der Waals surface area contributed by atoms with Gasteiger partial charge in [0.25, 0.3) is 11.9 Å². The predicted octanol–water partition coefficient (Wildman–Crippen LogP) is 3.53. The van der Waals surface area contributed by atoms with E-state index in [-0.39, 0.29) is 11.9 Å². The van der Waals surface area contributed by atoms with E-state index in [0.29, 0.717) is 22.2 Å². The van der Waals surface area contributed by atoms with E-state index in [9.17, 15) is 4.79 Å². The second-order valence-electron chi connectivity index (χ2n) is 3.83. The Morgan fingerprint density at radius 1 is 1.37 bits per heavy atom. The molecule has 0 heterocycles. The van der Waals surface area contributed by atoms with Crippen LogP contribution in [0.1, 0.15) is 30.1 Å². The molecule has 1 amide bonds. The summed E-state index contributed by atoms with van der Waals surface area (Å²) in [5, 5.41) is 3.31. The second-order valence-corrected chi connectivity index (χ2v) is 4.64. The lowest BCUT2D eigenvalue weighted by atomic mass is 10.2. The highest BCUT2D eigenvalue weighted by Gasteiger charge is 2.10. The van der Waals surface area contributed by atoms with E-state index in [2.05, 4.69) is 17.2 Å². The summed E-state index contributed by atoms with van der Waals surface area (Å²) >= 11 is 11.6. The van der Waals surface area contributed by atoms with Gasteiger partial charge in [0.05, 0.1) is 17.2 Å². The molecule has 104 valence electrons. The van der Waals surface area contributed by atoms with E-state index in [1.165, 1.54) is 13.2 Å². The van der Waals surface area contributed by atoms with Gasteiger partial charge in [0.15, 0.2) is 0 Å². The van der Waals surface area contributed by atoms with Gasteiger partial charge in [-0.3, -0.25) is 10.1 Å². The summed E-state index contributed by atoms with van der Waals surface area (Å²) in [5.41, 5.74) is 0.398. The maximum atomic E-state index is 11.9. The topological polar surface area (TPSA) is 50.7 Å². The standard InChI is InChI=1S/C13H16Cl2N2O2/c1-3-4-7-16-13(19-2)17-12(18)9-5-6-10(14)11(15)8-9/h5-6,8H,3-4,7H2,1-2H3,(H,16,17,18). The number of aliphatic imine (C=N–C) groups is 1. The Bertz CT molecular complexity index is 476. The van der Waals surface area contributed by atoms with Crippen LogP contribution in [-0.2, 0) is 4.74 Å². The molecule has 1 aromatic carbocycles. The highest BCUT2D eigenvalue weighted by Crippen LogP contribution is 2.22. The fourth-order valence-electron chi connectivity index (χ4n) is 1.30. The van der Waals surface area contributed by atoms with Gasteiger partial charge in [0.1, 0.15) is 0 Å².